The number of rotatable bonds is 6. The minimum absolute atomic E-state index is 0.0406. The maximum absolute atomic E-state index is 12.9. The average Bonchev–Trinajstić information content (AvgIpc) is 2.80. The summed E-state index contributed by atoms with van der Waals surface area (Å²) in [5.41, 5.74) is 3.88. The first-order chi connectivity index (χ1) is 12.1. The van der Waals surface area contributed by atoms with E-state index < -0.39 is 0 Å². The first kappa shape index (κ1) is 20.8. The molecule has 26 heavy (non-hydrogen) atoms. The molecule has 0 aliphatic carbocycles. The lowest BCUT2D eigenvalue weighted by atomic mass is 10.0. The van der Waals surface area contributed by atoms with E-state index in [2.05, 4.69) is 18.9 Å². The van der Waals surface area contributed by atoms with Crippen molar-refractivity contribution in [1.82, 2.24) is 14.7 Å². The lowest BCUT2D eigenvalue weighted by Gasteiger charge is -2.26. The van der Waals surface area contributed by atoms with Gasteiger partial charge in [-0.05, 0) is 44.4 Å². The van der Waals surface area contributed by atoms with Gasteiger partial charge in [0.1, 0.15) is 0 Å². The third-order valence-electron chi connectivity index (χ3n) is 4.78. The van der Waals surface area contributed by atoms with E-state index in [4.69, 9.17) is 23.2 Å². The van der Waals surface area contributed by atoms with Crippen LogP contribution in [0.5, 0.6) is 0 Å². The molecule has 1 aromatic carbocycles. The fourth-order valence-corrected chi connectivity index (χ4v) is 3.62. The van der Waals surface area contributed by atoms with Gasteiger partial charge < -0.3 is 4.90 Å². The molecule has 1 aromatic heterocycles. The lowest BCUT2D eigenvalue weighted by molar-refractivity contribution is -0.131. The summed E-state index contributed by atoms with van der Waals surface area (Å²) in [7, 11) is 1.81. The van der Waals surface area contributed by atoms with Gasteiger partial charge in [0, 0.05) is 34.9 Å². The van der Waals surface area contributed by atoms with Gasteiger partial charge >= 0.3 is 0 Å². The maximum atomic E-state index is 12.9. The fraction of sp³-hybridized carbons (Fsp3) is 0.500. The molecule has 1 heterocycles. The van der Waals surface area contributed by atoms with Crippen LogP contribution in [0.1, 0.15) is 49.3 Å². The van der Waals surface area contributed by atoms with Gasteiger partial charge in [-0.1, -0.05) is 43.1 Å². The second-order valence-electron chi connectivity index (χ2n) is 7.25. The molecular formula is C20H27Cl2N3O. The van der Waals surface area contributed by atoms with E-state index >= 15 is 0 Å². The Balaban J connectivity index is 2.18. The third-order valence-corrected chi connectivity index (χ3v) is 5.35. The number of likely N-dealkylation sites (N-methyl/N-ethyl adjacent to an activating group) is 1. The molecular weight excluding hydrogens is 369 g/mol. The lowest BCUT2D eigenvalue weighted by Crippen LogP contribution is -2.31. The van der Waals surface area contributed by atoms with Crippen molar-refractivity contribution in [2.24, 2.45) is 5.92 Å². The van der Waals surface area contributed by atoms with Gasteiger partial charge in [-0.25, -0.2) is 0 Å². The van der Waals surface area contributed by atoms with Crippen LogP contribution in [0.15, 0.2) is 18.2 Å². The third kappa shape index (κ3) is 4.60. The Kier molecular flexibility index (Phi) is 6.75. The van der Waals surface area contributed by atoms with Crippen molar-refractivity contribution in [3.8, 4) is 0 Å². The molecule has 0 saturated carbocycles. The average molecular weight is 396 g/mol. The van der Waals surface area contributed by atoms with Crippen LogP contribution < -0.4 is 0 Å². The van der Waals surface area contributed by atoms with Crippen molar-refractivity contribution in [3.63, 3.8) is 0 Å². The minimum atomic E-state index is -0.140. The quantitative estimate of drug-likeness (QED) is 0.671. The SMILES string of the molecule is Cc1nn(CC(C)C)c(C)c1CC(=O)N(C)C(C)c1ccc(Cl)cc1Cl. The normalized spacial score (nSPS) is 12.5. The summed E-state index contributed by atoms with van der Waals surface area (Å²) in [4.78, 5) is 14.6. The molecule has 1 unspecified atom stereocenters. The van der Waals surface area contributed by atoms with Gasteiger partial charge in [-0.2, -0.15) is 5.10 Å². The summed E-state index contributed by atoms with van der Waals surface area (Å²) in [5.74, 6) is 0.546. The number of aromatic nitrogens is 2. The summed E-state index contributed by atoms with van der Waals surface area (Å²) in [6, 6.07) is 5.23. The Bertz CT molecular complexity index is 799. The van der Waals surface area contributed by atoms with Crippen molar-refractivity contribution in [3.05, 3.63) is 50.8 Å². The van der Waals surface area contributed by atoms with E-state index in [1.807, 2.05) is 31.5 Å². The van der Waals surface area contributed by atoms with Crippen LogP contribution in [0.4, 0.5) is 0 Å². The Labute approximate surface area is 166 Å². The zero-order chi connectivity index (χ0) is 19.6. The van der Waals surface area contributed by atoms with Crippen LogP contribution in [-0.4, -0.2) is 27.6 Å². The largest absolute Gasteiger partial charge is 0.339 e. The fourth-order valence-electron chi connectivity index (χ4n) is 3.05. The van der Waals surface area contributed by atoms with Gasteiger partial charge in [0.2, 0.25) is 5.91 Å². The maximum Gasteiger partial charge on any atom is 0.227 e. The molecule has 0 radical (unpaired) electrons. The van der Waals surface area contributed by atoms with Crippen molar-refractivity contribution >= 4 is 29.1 Å². The first-order valence-electron chi connectivity index (χ1n) is 8.85. The Morgan fingerprint density at radius 3 is 2.46 bits per heavy atom. The number of nitrogens with zero attached hydrogens (tertiary/aromatic N) is 3. The standard InChI is InChI=1S/C20H27Cl2N3O/c1-12(2)11-25-15(5)18(13(3)23-25)10-20(26)24(6)14(4)17-8-7-16(21)9-19(17)22/h7-9,12,14H,10-11H2,1-6H3. The van der Waals surface area contributed by atoms with E-state index in [1.165, 1.54) is 0 Å². The number of amides is 1. The summed E-state index contributed by atoms with van der Waals surface area (Å²) >= 11 is 12.3. The molecule has 0 fully saturated rings. The van der Waals surface area contributed by atoms with Gasteiger partial charge in [0.05, 0.1) is 18.2 Å². The molecule has 0 aliphatic heterocycles. The molecule has 0 bridgehead atoms. The smallest absolute Gasteiger partial charge is 0.227 e. The molecule has 6 heteroatoms. The number of hydrogen-bond donors (Lipinski definition) is 0. The zero-order valence-electron chi connectivity index (χ0n) is 16.3. The van der Waals surface area contributed by atoms with E-state index in [-0.39, 0.29) is 11.9 Å². The number of halogens is 2. The molecule has 4 nitrogen and oxygen atoms in total. The predicted octanol–water partition coefficient (Wildman–Crippen LogP) is 5.22. The monoisotopic (exact) mass is 395 g/mol. The molecule has 142 valence electrons. The minimum Gasteiger partial charge on any atom is -0.339 e. The molecule has 2 rings (SSSR count). The van der Waals surface area contributed by atoms with Crippen LogP contribution in [0.3, 0.4) is 0 Å². The van der Waals surface area contributed by atoms with E-state index in [9.17, 15) is 4.79 Å². The highest BCUT2D eigenvalue weighted by molar-refractivity contribution is 6.35. The molecule has 1 amide bonds. The number of carbonyl (C=O) groups excluding carboxylic acids is 1. The molecule has 0 spiro atoms. The Hall–Kier alpha value is -1.52. The van der Waals surface area contributed by atoms with Gasteiger partial charge in [-0.15, -0.1) is 0 Å². The van der Waals surface area contributed by atoms with Gasteiger partial charge in [-0.3, -0.25) is 9.48 Å². The van der Waals surface area contributed by atoms with Crippen molar-refractivity contribution in [2.75, 3.05) is 7.05 Å². The van der Waals surface area contributed by atoms with Crippen LogP contribution in [0, 0.1) is 19.8 Å². The molecule has 0 N–H and O–H groups in total. The second kappa shape index (κ2) is 8.45. The van der Waals surface area contributed by atoms with Crippen LogP contribution in [-0.2, 0) is 17.8 Å². The van der Waals surface area contributed by atoms with Crippen molar-refractivity contribution in [1.29, 1.82) is 0 Å². The van der Waals surface area contributed by atoms with E-state index in [0.717, 1.165) is 29.1 Å². The topological polar surface area (TPSA) is 38.1 Å². The Morgan fingerprint density at radius 1 is 1.23 bits per heavy atom. The van der Waals surface area contributed by atoms with Crippen LogP contribution >= 0.6 is 23.2 Å². The molecule has 2 aromatic rings. The zero-order valence-corrected chi connectivity index (χ0v) is 17.8. The number of hydrogen-bond acceptors (Lipinski definition) is 2. The molecule has 1 atom stereocenters. The summed E-state index contributed by atoms with van der Waals surface area (Å²) in [5, 5.41) is 5.76. The Morgan fingerprint density at radius 2 is 1.88 bits per heavy atom. The van der Waals surface area contributed by atoms with Crippen molar-refractivity contribution < 1.29 is 4.79 Å². The van der Waals surface area contributed by atoms with Crippen LogP contribution in [0.2, 0.25) is 10.0 Å². The highest BCUT2D eigenvalue weighted by atomic mass is 35.5. The van der Waals surface area contributed by atoms with Gasteiger partial charge in [0.25, 0.3) is 0 Å². The number of carbonyl (C=O) groups is 1. The first-order valence-corrected chi connectivity index (χ1v) is 9.60. The number of benzene rings is 1. The van der Waals surface area contributed by atoms with Crippen molar-refractivity contribution in [2.45, 2.75) is 53.6 Å². The van der Waals surface area contributed by atoms with Crippen LogP contribution in [0.25, 0.3) is 0 Å². The molecule has 0 aliphatic rings. The highest BCUT2D eigenvalue weighted by Crippen LogP contribution is 2.29. The predicted molar refractivity (Wildman–Crippen MR) is 108 cm³/mol. The second-order valence-corrected chi connectivity index (χ2v) is 8.09. The van der Waals surface area contributed by atoms with E-state index in [1.54, 1.807) is 24.1 Å². The summed E-state index contributed by atoms with van der Waals surface area (Å²) in [6.07, 6.45) is 0.335. The summed E-state index contributed by atoms with van der Waals surface area (Å²) in [6.45, 7) is 11.1. The summed E-state index contributed by atoms with van der Waals surface area (Å²) < 4.78 is 2.00. The van der Waals surface area contributed by atoms with Gasteiger partial charge in [0.15, 0.2) is 0 Å². The van der Waals surface area contributed by atoms with E-state index in [0.29, 0.717) is 22.4 Å². The molecule has 0 saturated heterocycles. The number of aryl methyl sites for hydroxylation is 1. The highest BCUT2D eigenvalue weighted by Gasteiger charge is 2.22.